The number of amides is 1. The molecule has 2 rings (SSSR count). The molecular formula is C18H25N5O3S. The van der Waals surface area contributed by atoms with E-state index in [1.54, 1.807) is 0 Å². The van der Waals surface area contributed by atoms with Gasteiger partial charge in [-0.3, -0.25) is 4.79 Å². The van der Waals surface area contributed by atoms with Crippen LogP contribution in [0.25, 0.3) is 11.4 Å². The number of aromatic nitrogens is 3. The van der Waals surface area contributed by atoms with Crippen molar-refractivity contribution in [3.8, 4) is 11.4 Å². The largest absolute Gasteiger partial charge is 0.467 e. The highest BCUT2D eigenvalue weighted by Crippen LogP contribution is 2.22. The van der Waals surface area contributed by atoms with Crippen LogP contribution in [-0.2, 0) is 14.3 Å². The van der Waals surface area contributed by atoms with Crippen molar-refractivity contribution in [2.45, 2.75) is 38.4 Å². The normalized spacial score (nSPS) is 13.0. The molecule has 1 amide bonds. The minimum atomic E-state index is -0.674. The van der Waals surface area contributed by atoms with Gasteiger partial charge >= 0.3 is 5.97 Å². The maximum Gasteiger partial charge on any atom is 0.328 e. The highest BCUT2D eigenvalue weighted by molar-refractivity contribution is 7.99. The molecule has 0 radical (unpaired) electrons. The molecule has 8 nitrogen and oxygen atoms in total. The van der Waals surface area contributed by atoms with E-state index in [1.807, 2.05) is 45.0 Å². The van der Waals surface area contributed by atoms with Crippen molar-refractivity contribution in [3.05, 3.63) is 29.8 Å². The second-order valence-corrected chi connectivity index (χ2v) is 7.23. The van der Waals surface area contributed by atoms with E-state index in [4.69, 9.17) is 10.6 Å². The van der Waals surface area contributed by atoms with Gasteiger partial charge in [-0.15, -0.1) is 10.2 Å². The molecule has 2 atom stereocenters. The van der Waals surface area contributed by atoms with Gasteiger partial charge in [-0.25, -0.2) is 9.47 Å². The number of esters is 1. The summed E-state index contributed by atoms with van der Waals surface area (Å²) in [6.07, 6.45) is 0.740. The number of carbonyl (C=O) groups is 2. The monoisotopic (exact) mass is 391 g/mol. The van der Waals surface area contributed by atoms with E-state index >= 15 is 0 Å². The topological polar surface area (TPSA) is 112 Å². The molecule has 0 spiro atoms. The lowest BCUT2D eigenvalue weighted by molar-refractivity contribution is -0.146. The molecule has 0 bridgehead atoms. The molecule has 0 unspecified atom stereocenters. The van der Waals surface area contributed by atoms with Crippen molar-refractivity contribution in [1.29, 1.82) is 0 Å². The van der Waals surface area contributed by atoms with Crippen LogP contribution in [0.15, 0.2) is 29.4 Å². The molecule has 1 aromatic carbocycles. The number of rotatable bonds is 8. The van der Waals surface area contributed by atoms with Crippen molar-refractivity contribution >= 4 is 23.6 Å². The van der Waals surface area contributed by atoms with E-state index in [9.17, 15) is 9.59 Å². The summed E-state index contributed by atoms with van der Waals surface area (Å²) in [6, 6.07) is 7.08. The number of hydrogen-bond donors (Lipinski definition) is 2. The lowest BCUT2D eigenvalue weighted by atomic mass is 9.99. The fourth-order valence-corrected chi connectivity index (χ4v) is 3.08. The van der Waals surface area contributed by atoms with Gasteiger partial charge in [0.15, 0.2) is 5.82 Å². The van der Waals surface area contributed by atoms with Crippen LogP contribution in [0.2, 0.25) is 0 Å². The third kappa shape index (κ3) is 5.22. The lowest BCUT2D eigenvalue weighted by Crippen LogP contribution is -2.46. The lowest BCUT2D eigenvalue weighted by Gasteiger charge is -2.21. The molecule has 2 aromatic rings. The van der Waals surface area contributed by atoms with Crippen LogP contribution >= 0.6 is 11.8 Å². The third-order valence-electron chi connectivity index (χ3n) is 4.29. The number of aryl methyl sites for hydroxylation is 1. The molecule has 0 aliphatic rings. The van der Waals surface area contributed by atoms with Crippen LogP contribution in [0.4, 0.5) is 0 Å². The van der Waals surface area contributed by atoms with Gasteiger partial charge in [-0.2, -0.15) is 0 Å². The van der Waals surface area contributed by atoms with Gasteiger partial charge < -0.3 is 15.9 Å². The number of nitrogens with one attached hydrogen (secondary N) is 1. The minimum Gasteiger partial charge on any atom is -0.467 e. The maximum atomic E-state index is 12.3. The summed E-state index contributed by atoms with van der Waals surface area (Å²) in [6.45, 7) is 5.84. The number of hydrogen-bond acceptors (Lipinski definition) is 7. The Labute approximate surface area is 162 Å². The molecule has 3 N–H and O–H groups in total. The summed E-state index contributed by atoms with van der Waals surface area (Å²) in [5.41, 5.74) is 1.98. The summed E-state index contributed by atoms with van der Waals surface area (Å²) in [5.74, 6) is 5.87. The number of methoxy groups -OCH3 is 1. The minimum absolute atomic E-state index is 0.0299. The van der Waals surface area contributed by atoms with Crippen molar-refractivity contribution in [3.63, 3.8) is 0 Å². The first kappa shape index (κ1) is 20.8. The second-order valence-electron chi connectivity index (χ2n) is 6.28. The van der Waals surface area contributed by atoms with Gasteiger partial charge in [0.1, 0.15) is 6.04 Å². The summed E-state index contributed by atoms with van der Waals surface area (Å²) < 4.78 is 6.13. The number of ether oxygens (including phenoxy) is 1. The summed E-state index contributed by atoms with van der Waals surface area (Å²) in [7, 11) is 1.31. The molecule has 0 saturated carbocycles. The van der Waals surface area contributed by atoms with E-state index in [2.05, 4.69) is 15.5 Å². The fourth-order valence-electron chi connectivity index (χ4n) is 2.42. The predicted molar refractivity (Wildman–Crippen MR) is 104 cm³/mol. The highest BCUT2D eigenvalue weighted by atomic mass is 32.2. The SMILES string of the molecule is CC[C@H](C)[C@@H](NC(=O)CSc1nnc(-c2ccc(C)cc2)n1N)C(=O)OC. The standard InChI is InChI=1S/C18H25N5O3S/c1-5-12(3)15(17(25)26-4)20-14(24)10-27-18-22-21-16(23(18)19)13-8-6-11(2)7-9-13/h6-9,12,15H,5,10,19H2,1-4H3,(H,20,24)/t12-,15+/m0/s1. The van der Waals surface area contributed by atoms with Gasteiger partial charge in [-0.1, -0.05) is 61.9 Å². The fraction of sp³-hybridized carbons (Fsp3) is 0.444. The third-order valence-corrected chi connectivity index (χ3v) is 5.23. The molecule has 1 heterocycles. The number of nitrogens with two attached hydrogens (primary N) is 1. The number of carbonyl (C=O) groups excluding carboxylic acids is 2. The number of nitrogens with zero attached hydrogens (tertiary/aromatic N) is 3. The Balaban J connectivity index is 2.01. The Hall–Kier alpha value is -2.55. The van der Waals surface area contributed by atoms with Gasteiger partial charge in [0, 0.05) is 5.56 Å². The molecule has 27 heavy (non-hydrogen) atoms. The number of nitrogen functional groups attached to an aromatic ring is 1. The highest BCUT2D eigenvalue weighted by Gasteiger charge is 2.26. The number of benzene rings is 1. The van der Waals surface area contributed by atoms with Crippen LogP contribution in [0.1, 0.15) is 25.8 Å². The van der Waals surface area contributed by atoms with Crippen molar-refractivity contribution in [1.82, 2.24) is 20.2 Å². The number of thioether (sulfide) groups is 1. The molecular weight excluding hydrogens is 366 g/mol. The zero-order chi connectivity index (χ0) is 20.0. The predicted octanol–water partition coefficient (Wildman–Crippen LogP) is 1.76. The van der Waals surface area contributed by atoms with Crippen LogP contribution in [0.5, 0.6) is 0 Å². The van der Waals surface area contributed by atoms with E-state index in [1.165, 1.54) is 11.8 Å². The average molecular weight is 391 g/mol. The maximum absolute atomic E-state index is 12.3. The van der Waals surface area contributed by atoms with Gasteiger partial charge in [0.25, 0.3) is 0 Å². The van der Waals surface area contributed by atoms with E-state index in [0.29, 0.717) is 11.0 Å². The second kappa shape index (κ2) is 9.40. The van der Waals surface area contributed by atoms with Gasteiger partial charge in [-0.05, 0) is 12.8 Å². The molecule has 146 valence electrons. The zero-order valence-corrected chi connectivity index (χ0v) is 16.7. The molecule has 0 fully saturated rings. The quantitative estimate of drug-likeness (QED) is 0.400. The Morgan fingerprint density at radius 2 is 1.96 bits per heavy atom. The molecule has 1 aromatic heterocycles. The Morgan fingerprint density at radius 3 is 2.56 bits per heavy atom. The van der Waals surface area contributed by atoms with Gasteiger partial charge in [0.2, 0.25) is 11.1 Å². The summed E-state index contributed by atoms with van der Waals surface area (Å²) in [5, 5.41) is 11.3. The van der Waals surface area contributed by atoms with Crippen LogP contribution in [-0.4, -0.2) is 45.7 Å². The molecule has 0 aliphatic heterocycles. The Bertz CT molecular complexity index is 791. The van der Waals surface area contributed by atoms with Crippen molar-refractivity contribution in [2.75, 3.05) is 18.7 Å². The first-order valence-electron chi connectivity index (χ1n) is 8.64. The smallest absolute Gasteiger partial charge is 0.328 e. The Kier molecular flexibility index (Phi) is 7.23. The zero-order valence-electron chi connectivity index (χ0n) is 15.9. The van der Waals surface area contributed by atoms with Gasteiger partial charge in [0.05, 0.1) is 12.9 Å². The first-order chi connectivity index (χ1) is 12.9. The van der Waals surface area contributed by atoms with E-state index < -0.39 is 12.0 Å². The van der Waals surface area contributed by atoms with Crippen molar-refractivity contribution in [2.24, 2.45) is 5.92 Å². The van der Waals surface area contributed by atoms with Crippen LogP contribution in [0, 0.1) is 12.8 Å². The molecule has 0 saturated heterocycles. The molecule has 9 heteroatoms. The summed E-state index contributed by atoms with van der Waals surface area (Å²) in [4.78, 5) is 24.1. The van der Waals surface area contributed by atoms with E-state index in [-0.39, 0.29) is 17.6 Å². The Morgan fingerprint density at radius 1 is 1.30 bits per heavy atom. The van der Waals surface area contributed by atoms with Crippen LogP contribution in [0.3, 0.4) is 0 Å². The van der Waals surface area contributed by atoms with Crippen molar-refractivity contribution < 1.29 is 14.3 Å². The first-order valence-corrected chi connectivity index (χ1v) is 9.63. The molecule has 0 aliphatic carbocycles. The average Bonchev–Trinajstić information content (AvgIpc) is 3.04. The van der Waals surface area contributed by atoms with E-state index in [0.717, 1.165) is 29.3 Å². The summed E-state index contributed by atoms with van der Waals surface area (Å²) >= 11 is 1.15. The van der Waals surface area contributed by atoms with Crippen LogP contribution < -0.4 is 11.2 Å².